The highest BCUT2D eigenvalue weighted by Gasteiger charge is 2.33. The van der Waals surface area contributed by atoms with Crippen LogP contribution in [0.5, 0.6) is 0 Å². The molecule has 0 saturated carbocycles. The van der Waals surface area contributed by atoms with E-state index in [1.807, 2.05) is 13.8 Å². The topological polar surface area (TPSA) is 250 Å². The molecule has 7 atom stereocenters. The fourth-order valence-corrected chi connectivity index (χ4v) is 5.72. The quantitative estimate of drug-likeness (QED) is 0.0804. The first-order valence-electron chi connectivity index (χ1n) is 18.2. The van der Waals surface area contributed by atoms with Crippen LogP contribution in [0.25, 0.3) is 0 Å². The lowest BCUT2D eigenvalue weighted by Crippen LogP contribution is -2.58. The SMILES string of the molecule is CO[C@H](C(=O)NC(CC(C)C)[C@@H](O)CC(=O)N[C@@H](C(=O)N[C@H](C)C(=O)N[C@H](CCC(=O)O)C(=O)N[C@H](Cc1ccccc1)C(=O)O)C(C)C)c1ccccc1. The van der Waals surface area contributed by atoms with Gasteiger partial charge in [-0.25, -0.2) is 4.79 Å². The molecule has 1 unspecified atom stereocenters. The number of aliphatic hydroxyl groups excluding tert-OH is 1. The van der Waals surface area contributed by atoms with Crippen LogP contribution in [0.4, 0.5) is 0 Å². The molecule has 2 aromatic rings. The molecule has 0 aliphatic rings. The summed E-state index contributed by atoms with van der Waals surface area (Å²) < 4.78 is 5.41. The van der Waals surface area contributed by atoms with E-state index in [1.165, 1.54) is 14.0 Å². The molecule has 0 aliphatic heterocycles. The molecule has 2 aromatic carbocycles. The average molecular weight is 770 g/mol. The normalized spacial score (nSPS) is 15.0. The van der Waals surface area contributed by atoms with Gasteiger partial charge in [0.05, 0.1) is 18.6 Å². The largest absolute Gasteiger partial charge is 0.481 e. The lowest BCUT2D eigenvalue weighted by Gasteiger charge is -2.29. The first-order chi connectivity index (χ1) is 25.9. The molecule has 0 saturated heterocycles. The zero-order valence-corrected chi connectivity index (χ0v) is 32.1. The maximum Gasteiger partial charge on any atom is 0.326 e. The summed E-state index contributed by atoms with van der Waals surface area (Å²) in [4.78, 5) is 89.3. The monoisotopic (exact) mass is 769 g/mol. The average Bonchev–Trinajstić information content (AvgIpc) is 3.12. The molecule has 302 valence electrons. The van der Waals surface area contributed by atoms with Crippen molar-refractivity contribution in [3.8, 4) is 0 Å². The van der Waals surface area contributed by atoms with E-state index in [9.17, 15) is 48.9 Å². The van der Waals surface area contributed by atoms with E-state index in [0.29, 0.717) is 17.5 Å². The number of carbonyl (C=O) groups is 7. The number of carboxylic acids is 2. The van der Waals surface area contributed by atoms with Crippen molar-refractivity contribution in [1.29, 1.82) is 0 Å². The summed E-state index contributed by atoms with van der Waals surface area (Å²) in [7, 11) is 1.39. The van der Waals surface area contributed by atoms with E-state index < -0.39 is 103 Å². The number of nitrogens with one attached hydrogen (secondary N) is 5. The third-order valence-electron chi connectivity index (χ3n) is 8.68. The molecule has 0 fully saturated rings. The highest BCUT2D eigenvalue weighted by atomic mass is 16.5. The van der Waals surface area contributed by atoms with E-state index >= 15 is 0 Å². The zero-order chi connectivity index (χ0) is 41.2. The van der Waals surface area contributed by atoms with E-state index in [2.05, 4.69) is 26.6 Å². The van der Waals surface area contributed by atoms with Crippen LogP contribution in [0.2, 0.25) is 0 Å². The van der Waals surface area contributed by atoms with Gasteiger partial charge in [0.15, 0.2) is 6.10 Å². The highest BCUT2D eigenvalue weighted by Crippen LogP contribution is 2.19. The fraction of sp³-hybridized carbons (Fsp3) is 0.513. The van der Waals surface area contributed by atoms with Gasteiger partial charge in [0.2, 0.25) is 23.6 Å². The summed E-state index contributed by atoms with van der Waals surface area (Å²) in [6.07, 6.45) is -3.37. The number of methoxy groups -OCH3 is 1. The molecule has 0 spiro atoms. The molecule has 0 aromatic heterocycles. The number of aliphatic hydroxyl groups is 1. The minimum atomic E-state index is -1.45. The lowest BCUT2D eigenvalue weighted by atomic mass is 9.96. The third-order valence-corrected chi connectivity index (χ3v) is 8.68. The van der Waals surface area contributed by atoms with E-state index in [-0.39, 0.29) is 18.8 Å². The van der Waals surface area contributed by atoms with Crippen molar-refractivity contribution in [3.05, 3.63) is 71.8 Å². The van der Waals surface area contributed by atoms with Gasteiger partial charge < -0.3 is 46.6 Å². The summed E-state index contributed by atoms with van der Waals surface area (Å²) in [5.74, 6) is -6.77. The maximum absolute atomic E-state index is 13.4. The molecule has 0 heterocycles. The van der Waals surface area contributed by atoms with Gasteiger partial charge in [-0.05, 0) is 42.7 Å². The van der Waals surface area contributed by atoms with Crippen molar-refractivity contribution < 1.29 is 53.6 Å². The van der Waals surface area contributed by atoms with Crippen LogP contribution < -0.4 is 26.6 Å². The number of carbonyl (C=O) groups excluding carboxylic acids is 5. The number of aliphatic carboxylic acids is 2. The molecule has 55 heavy (non-hydrogen) atoms. The molecule has 2 rings (SSSR count). The van der Waals surface area contributed by atoms with Crippen LogP contribution in [-0.4, -0.2) is 100 Å². The van der Waals surface area contributed by atoms with Gasteiger partial charge >= 0.3 is 11.9 Å². The van der Waals surface area contributed by atoms with Crippen molar-refractivity contribution in [3.63, 3.8) is 0 Å². The van der Waals surface area contributed by atoms with Crippen molar-refractivity contribution in [1.82, 2.24) is 26.6 Å². The van der Waals surface area contributed by atoms with Gasteiger partial charge in [-0.3, -0.25) is 28.8 Å². The molecule has 16 heteroatoms. The predicted octanol–water partition coefficient (Wildman–Crippen LogP) is 1.46. The molecular formula is C39H55N5O11. The summed E-state index contributed by atoms with van der Waals surface area (Å²) in [6.45, 7) is 8.42. The van der Waals surface area contributed by atoms with Gasteiger partial charge in [-0.15, -0.1) is 0 Å². The molecule has 0 bridgehead atoms. The first kappa shape index (κ1) is 45.8. The van der Waals surface area contributed by atoms with E-state index in [0.717, 1.165) is 0 Å². The fourth-order valence-electron chi connectivity index (χ4n) is 5.72. The Hall–Kier alpha value is -5.35. The van der Waals surface area contributed by atoms with Gasteiger partial charge in [-0.2, -0.15) is 0 Å². The smallest absolute Gasteiger partial charge is 0.326 e. The van der Waals surface area contributed by atoms with Gasteiger partial charge in [-0.1, -0.05) is 88.4 Å². The Kier molecular flexibility index (Phi) is 19.0. The van der Waals surface area contributed by atoms with Crippen LogP contribution in [0.3, 0.4) is 0 Å². The molecule has 16 nitrogen and oxygen atoms in total. The highest BCUT2D eigenvalue weighted by molar-refractivity contribution is 5.95. The number of ether oxygens (including phenoxy) is 1. The number of hydrogen-bond acceptors (Lipinski definition) is 9. The van der Waals surface area contributed by atoms with Crippen LogP contribution in [0.15, 0.2) is 60.7 Å². The second-order valence-corrected chi connectivity index (χ2v) is 14.1. The van der Waals surface area contributed by atoms with Gasteiger partial charge in [0.25, 0.3) is 5.91 Å². The number of hydrogen-bond donors (Lipinski definition) is 8. The Labute approximate surface area is 321 Å². The Morgan fingerprint density at radius 1 is 0.691 bits per heavy atom. The number of amides is 5. The van der Waals surface area contributed by atoms with Crippen LogP contribution in [0, 0.1) is 11.8 Å². The van der Waals surface area contributed by atoms with Crippen molar-refractivity contribution in [2.45, 2.75) is 109 Å². The third kappa shape index (κ3) is 15.9. The standard InChI is InChI=1S/C39H55N5O11/c1-22(2)19-28(42-38(52)34(55-6)26-15-11-8-12-16-26)30(45)21-31(46)44-33(23(3)4)37(51)40-24(5)35(49)41-27(17-18-32(47)48)36(50)43-29(39(53)54)20-25-13-9-7-10-14-25/h7-16,22-24,27-30,33-34,45H,17-21H2,1-6H3,(H,40,51)(H,41,49)(H,42,52)(H,43,50)(H,44,46)(H,47,48)(H,53,54)/t24-,27-,28?,29-,30+,33-,34+/m1/s1. The Bertz CT molecular complexity index is 1590. The lowest BCUT2D eigenvalue weighted by molar-refractivity contribution is -0.143. The van der Waals surface area contributed by atoms with Crippen molar-refractivity contribution in [2.75, 3.05) is 7.11 Å². The minimum Gasteiger partial charge on any atom is -0.481 e. The van der Waals surface area contributed by atoms with E-state index in [4.69, 9.17) is 4.74 Å². The Balaban J connectivity index is 2.08. The Morgan fingerprint density at radius 2 is 1.27 bits per heavy atom. The van der Waals surface area contributed by atoms with Crippen LogP contribution in [0.1, 0.15) is 77.5 Å². The van der Waals surface area contributed by atoms with Crippen molar-refractivity contribution in [2.24, 2.45) is 11.8 Å². The maximum atomic E-state index is 13.4. The first-order valence-corrected chi connectivity index (χ1v) is 18.2. The molecular weight excluding hydrogens is 714 g/mol. The zero-order valence-electron chi connectivity index (χ0n) is 32.1. The summed E-state index contributed by atoms with van der Waals surface area (Å²) in [6, 6.07) is 11.2. The molecule has 5 amide bonds. The second-order valence-electron chi connectivity index (χ2n) is 14.1. The number of carboxylic acid groups (broad SMARTS) is 2. The molecule has 0 aliphatic carbocycles. The van der Waals surface area contributed by atoms with Crippen LogP contribution in [-0.2, 0) is 44.7 Å². The van der Waals surface area contributed by atoms with E-state index in [1.54, 1.807) is 74.5 Å². The predicted molar refractivity (Wildman–Crippen MR) is 201 cm³/mol. The summed E-state index contributed by atoms with van der Waals surface area (Å²) in [5, 5.41) is 42.7. The summed E-state index contributed by atoms with van der Waals surface area (Å²) >= 11 is 0. The molecule has 0 radical (unpaired) electrons. The summed E-state index contributed by atoms with van der Waals surface area (Å²) in [5.41, 5.74) is 1.23. The van der Waals surface area contributed by atoms with Gasteiger partial charge in [0, 0.05) is 20.0 Å². The number of rotatable bonds is 23. The Morgan fingerprint density at radius 3 is 1.80 bits per heavy atom. The van der Waals surface area contributed by atoms with Gasteiger partial charge in [0.1, 0.15) is 24.2 Å². The van der Waals surface area contributed by atoms with Crippen molar-refractivity contribution >= 4 is 41.5 Å². The minimum absolute atomic E-state index is 0.0326. The van der Waals surface area contributed by atoms with Crippen LogP contribution >= 0.6 is 0 Å². The number of benzene rings is 2. The second kappa shape index (κ2) is 22.8. The molecule has 8 N–H and O–H groups in total.